The Morgan fingerprint density at radius 2 is 1.18 bits per heavy atom. The first-order valence-corrected chi connectivity index (χ1v) is 7.39. The Hall–Kier alpha value is -0.830. The van der Waals surface area contributed by atoms with Gasteiger partial charge in [-0.1, -0.05) is 27.7 Å². The molecule has 0 fully saturated rings. The zero-order chi connectivity index (χ0) is 13.8. The second-order valence-corrected chi connectivity index (χ2v) is 8.51. The Morgan fingerprint density at radius 3 is 1.35 bits per heavy atom. The highest BCUT2D eigenvalue weighted by Gasteiger charge is 2.49. The van der Waals surface area contributed by atoms with Crippen LogP contribution >= 0.6 is 7.14 Å². The molecular weight excluding hydrogens is 243 g/mol. The van der Waals surface area contributed by atoms with Gasteiger partial charge in [-0.2, -0.15) is 0 Å². The summed E-state index contributed by atoms with van der Waals surface area (Å²) in [5.41, 5.74) is -1.89. The summed E-state index contributed by atoms with van der Waals surface area (Å²) in [6.45, 7) is 6.94. The Balaban J connectivity index is 5.63. The van der Waals surface area contributed by atoms with Crippen molar-refractivity contribution in [2.24, 2.45) is 0 Å². The number of esters is 2. The molecule has 0 amide bonds. The van der Waals surface area contributed by atoms with Crippen LogP contribution in [0.3, 0.4) is 0 Å². The van der Waals surface area contributed by atoms with Crippen LogP contribution in [-0.4, -0.2) is 43.1 Å². The number of hydrogen-bond acceptors (Lipinski definition) is 5. The molecular formula is C11H21O5P. The molecule has 0 saturated carbocycles. The molecule has 0 aromatic heterocycles. The molecule has 6 heteroatoms. The first-order valence-electron chi connectivity index (χ1n) is 5.48. The molecule has 0 saturated heterocycles. The van der Waals surface area contributed by atoms with Crippen LogP contribution in [0.5, 0.6) is 0 Å². The molecule has 0 N–H and O–H groups in total. The Labute approximate surface area is 102 Å². The zero-order valence-electron chi connectivity index (χ0n) is 11.2. The Kier molecular flexibility index (Phi) is 5.89. The van der Waals surface area contributed by atoms with Gasteiger partial charge >= 0.3 is 11.9 Å². The second kappa shape index (κ2) is 6.20. The average molecular weight is 264 g/mol. The SMILES string of the molecule is COC(=O)C(C(=O)OC)P(=O)(C(C)C)C(C)C. The normalized spacial score (nSPS) is 12.1. The van der Waals surface area contributed by atoms with Crippen molar-refractivity contribution >= 4 is 19.1 Å². The van der Waals surface area contributed by atoms with Crippen LogP contribution in [0.25, 0.3) is 0 Å². The van der Waals surface area contributed by atoms with Gasteiger partial charge in [0, 0.05) is 11.3 Å². The molecule has 5 nitrogen and oxygen atoms in total. The van der Waals surface area contributed by atoms with Crippen LogP contribution in [0.1, 0.15) is 27.7 Å². The summed E-state index contributed by atoms with van der Waals surface area (Å²) >= 11 is 0. The van der Waals surface area contributed by atoms with Crippen molar-refractivity contribution in [3.63, 3.8) is 0 Å². The summed E-state index contributed by atoms with van der Waals surface area (Å²) in [5, 5.41) is 0. The van der Waals surface area contributed by atoms with Gasteiger partial charge in [0.15, 0.2) is 0 Å². The van der Waals surface area contributed by atoms with E-state index in [0.717, 1.165) is 0 Å². The number of carbonyl (C=O) groups excluding carboxylic acids is 2. The van der Waals surface area contributed by atoms with Gasteiger partial charge in [0.2, 0.25) is 5.66 Å². The van der Waals surface area contributed by atoms with Crippen molar-refractivity contribution in [1.82, 2.24) is 0 Å². The standard InChI is InChI=1S/C11H21O5P/c1-7(2)17(14,8(3)4)9(10(12)15-5)11(13)16-6/h7-9H,1-6H3. The van der Waals surface area contributed by atoms with Crippen LogP contribution in [0.4, 0.5) is 0 Å². The summed E-state index contributed by atoms with van der Waals surface area (Å²) in [6.07, 6.45) is 0. The highest BCUT2D eigenvalue weighted by atomic mass is 31.2. The summed E-state index contributed by atoms with van der Waals surface area (Å²) in [6, 6.07) is 0. The monoisotopic (exact) mass is 264 g/mol. The van der Waals surface area contributed by atoms with E-state index in [-0.39, 0.29) is 11.3 Å². The summed E-state index contributed by atoms with van der Waals surface area (Å²) in [7, 11) is -0.728. The molecule has 0 aliphatic carbocycles. The smallest absolute Gasteiger partial charge is 0.327 e. The predicted octanol–water partition coefficient (Wildman–Crippen LogP) is 1.88. The molecule has 0 aromatic carbocycles. The third-order valence-corrected chi connectivity index (χ3v) is 7.32. The van der Waals surface area contributed by atoms with E-state index in [2.05, 4.69) is 9.47 Å². The fourth-order valence-corrected chi connectivity index (χ4v) is 5.10. The van der Waals surface area contributed by atoms with E-state index in [1.807, 2.05) is 0 Å². The minimum atomic E-state index is -3.07. The van der Waals surface area contributed by atoms with Crippen molar-refractivity contribution < 1.29 is 23.6 Å². The fraction of sp³-hybridized carbons (Fsp3) is 0.818. The van der Waals surface area contributed by atoms with Gasteiger partial charge in [0.05, 0.1) is 14.2 Å². The molecule has 0 aliphatic rings. The van der Waals surface area contributed by atoms with Crippen LogP contribution in [0.15, 0.2) is 0 Å². The maximum Gasteiger partial charge on any atom is 0.327 e. The average Bonchev–Trinajstić information content (AvgIpc) is 2.27. The highest BCUT2D eigenvalue weighted by Crippen LogP contribution is 2.59. The minimum absolute atomic E-state index is 0.286. The van der Waals surface area contributed by atoms with Gasteiger partial charge in [-0.25, -0.2) is 0 Å². The third-order valence-electron chi connectivity index (χ3n) is 2.87. The fourth-order valence-electron chi connectivity index (χ4n) is 1.84. The van der Waals surface area contributed by atoms with Gasteiger partial charge in [-0.05, 0) is 0 Å². The Bertz CT molecular complexity index is 307. The molecule has 0 atom stereocenters. The molecule has 0 radical (unpaired) electrons. The predicted molar refractivity (Wildman–Crippen MR) is 65.7 cm³/mol. The van der Waals surface area contributed by atoms with Crippen LogP contribution in [-0.2, 0) is 23.6 Å². The highest BCUT2D eigenvalue weighted by molar-refractivity contribution is 7.67. The maximum absolute atomic E-state index is 12.9. The van der Waals surface area contributed by atoms with Crippen molar-refractivity contribution in [2.75, 3.05) is 14.2 Å². The second-order valence-electron chi connectivity index (χ2n) is 4.40. The van der Waals surface area contributed by atoms with E-state index in [9.17, 15) is 14.2 Å². The van der Waals surface area contributed by atoms with Gasteiger partial charge in [-0.3, -0.25) is 9.59 Å². The lowest BCUT2D eigenvalue weighted by Gasteiger charge is -2.30. The van der Waals surface area contributed by atoms with Crippen LogP contribution in [0.2, 0.25) is 0 Å². The van der Waals surface area contributed by atoms with Crippen molar-refractivity contribution in [3.8, 4) is 0 Å². The lowest BCUT2D eigenvalue weighted by molar-refractivity contribution is -0.150. The molecule has 0 heterocycles. The van der Waals surface area contributed by atoms with E-state index >= 15 is 0 Å². The third kappa shape index (κ3) is 3.09. The molecule has 0 aliphatic heterocycles. The first-order chi connectivity index (χ1) is 7.73. The zero-order valence-corrected chi connectivity index (χ0v) is 12.1. The first kappa shape index (κ1) is 16.2. The number of ether oxygens (including phenoxy) is 2. The lowest BCUT2D eigenvalue weighted by atomic mass is 10.4. The molecule has 0 bridgehead atoms. The maximum atomic E-state index is 12.9. The molecule has 100 valence electrons. The lowest BCUT2D eigenvalue weighted by Crippen LogP contribution is -2.37. The van der Waals surface area contributed by atoms with Gasteiger partial charge in [0.25, 0.3) is 0 Å². The number of carbonyl (C=O) groups is 2. The molecule has 0 rings (SSSR count). The van der Waals surface area contributed by atoms with E-state index in [4.69, 9.17) is 0 Å². The number of methoxy groups -OCH3 is 2. The van der Waals surface area contributed by atoms with Crippen molar-refractivity contribution in [2.45, 2.75) is 44.7 Å². The molecule has 0 unspecified atom stereocenters. The quantitative estimate of drug-likeness (QED) is 0.431. The van der Waals surface area contributed by atoms with Gasteiger partial charge in [0.1, 0.15) is 7.14 Å². The summed E-state index contributed by atoms with van der Waals surface area (Å²) < 4.78 is 22.1. The van der Waals surface area contributed by atoms with E-state index in [1.54, 1.807) is 27.7 Å². The number of rotatable bonds is 5. The largest absolute Gasteiger partial charge is 0.468 e. The molecule has 0 aromatic rings. The van der Waals surface area contributed by atoms with Gasteiger partial charge in [-0.15, -0.1) is 0 Å². The van der Waals surface area contributed by atoms with E-state index in [0.29, 0.717) is 0 Å². The number of hydrogen-bond donors (Lipinski definition) is 0. The van der Waals surface area contributed by atoms with Crippen LogP contribution in [0, 0.1) is 0 Å². The topological polar surface area (TPSA) is 69.7 Å². The Morgan fingerprint density at radius 1 is 0.882 bits per heavy atom. The van der Waals surface area contributed by atoms with E-state index < -0.39 is 24.7 Å². The minimum Gasteiger partial charge on any atom is -0.468 e. The van der Waals surface area contributed by atoms with Gasteiger partial charge < -0.3 is 14.0 Å². The molecule has 0 spiro atoms. The van der Waals surface area contributed by atoms with Crippen molar-refractivity contribution in [1.29, 1.82) is 0 Å². The molecule has 17 heavy (non-hydrogen) atoms. The van der Waals surface area contributed by atoms with Crippen molar-refractivity contribution in [3.05, 3.63) is 0 Å². The summed E-state index contributed by atoms with van der Waals surface area (Å²) in [5.74, 6) is -1.58. The van der Waals surface area contributed by atoms with Crippen LogP contribution < -0.4 is 0 Å². The summed E-state index contributed by atoms with van der Waals surface area (Å²) in [4.78, 5) is 23.3. The van der Waals surface area contributed by atoms with E-state index in [1.165, 1.54) is 14.2 Å².